The summed E-state index contributed by atoms with van der Waals surface area (Å²) in [5, 5.41) is 12.2. The summed E-state index contributed by atoms with van der Waals surface area (Å²) in [5.74, 6) is 0.556. The van der Waals surface area contributed by atoms with E-state index in [0.29, 0.717) is 22.9 Å². The van der Waals surface area contributed by atoms with Crippen LogP contribution >= 0.6 is 11.3 Å². The first-order valence-electron chi connectivity index (χ1n) is 7.28. The van der Waals surface area contributed by atoms with Crippen LogP contribution in [0.2, 0.25) is 0 Å². The Kier molecular flexibility index (Phi) is 3.48. The topological polar surface area (TPSA) is 75.0 Å². The van der Waals surface area contributed by atoms with Gasteiger partial charge in [-0.05, 0) is 36.4 Å². The van der Waals surface area contributed by atoms with Crippen LogP contribution in [-0.4, -0.2) is 10.9 Å². The van der Waals surface area contributed by atoms with E-state index in [1.54, 1.807) is 24.3 Å². The number of carbonyl (C=O) groups excluding carboxylic acids is 1. The highest BCUT2D eigenvalue weighted by Crippen LogP contribution is 2.40. The lowest BCUT2D eigenvalue weighted by molar-refractivity contribution is 0.102. The predicted molar refractivity (Wildman–Crippen MR) is 91.0 cm³/mol. The van der Waals surface area contributed by atoms with E-state index in [-0.39, 0.29) is 5.91 Å². The van der Waals surface area contributed by atoms with Gasteiger partial charge in [-0.2, -0.15) is 5.26 Å². The third-order valence-electron chi connectivity index (χ3n) is 3.69. The molecule has 2 heterocycles. The number of ether oxygens (including phenoxy) is 1. The van der Waals surface area contributed by atoms with Gasteiger partial charge in [-0.1, -0.05) is 23.5 Å². The number of nitrogens with one attached hydrogen (secondary N) is 1. The van der Waals surface area contributed by atoms with Crippen molar-refractivity contribution in [2.75, 3.05) is 5.32 Å². The zero-order chi connectivity index (χ0) is 16.5. The van der Waals surface area contributed by atoms with Gasteiger partial charge in [0.15, 0.2) is 5.13 Å². The fourth-order valence-electron chi connectivity index (χ4n) is 2.51. The molecule has 1 amide bonds. The molecule has 1 N–H and O–H groups in total. The lowest BCUT2D eigenvalue weighted by Gasteiger charge is -2.15. The Balaban J connectivity index is 1.60. The third-order valence-corrected chi connectivity index (χ3v) is 4.64. The van der Waals surface area contributed by atoms with Crippen molar-refractivity contribution in [3.63, 3.8) is 0 Å². The van der Waals surface area contributed by atoms with Crippen molar-refractivity contribution in [1.29, 1.82) is 5.26 Å². The van der Waals surface area contributed by atoms with Crippen LogP contribution in [0.1, 0.15) is 20.8 Å². The summed E-state index contributed by atoms with van der Waals surface area (Å²) in [5.41, 5.74) is 2.80. The quantitative estimate of drug-likeness (QED) is 0.773. The van der Waals surface area contributed by atoms with Crippen LogP contribution in [0.3, 0.4) is 0 Å². The number of fused-ring (bicyclic) bond motifs is 3. The molecule has 0 radical (unpaired) electrons. The first kappa shape index (κ1) is 14.4. The van der Waals surface area contributed by atoms with Crippen LogP contribution < -0.4 is 10.1 Å². The zero-order valence-electron chi connectivity index (χ0n) is 12.4. The number of hydrogen-bond donors (Lipinski definition) is 1. The first-order valence-corrected chi connectivity index (χ1v) is 8.09. The number of carbonyl (C=O) groups is 1. The van der Waals surface area contributed by atoms with Crippen molar-refractivity contribution in [3.8, 4) is 23.1 Å². The lowest BCUT2D eigenvalue weighted by Crippen LogP contribution is -2.11. The maximum absolute atomic E-state index is 12.3. The summed E-state index contributed by atoms with van der Waals surface area (Å²) in [6.45, 7) is 0.455. The smallest absolute Gasteiger partial charge is 0.257 e. The Bertz CT molecular complexity index is 971. The van der Waals surface area contributed by atoms with E-state index in [0.717, 1.165) is 21.9 Å². The van der Waals surface area contributed by atoms with Gasteiger partial charge in [-0.3, -0.25) is 10.1 Å². The fourth-order valence-corrected chi connectivity index (χ4v) is 3.39. The summed E-state index contributed by atoms with van der Waals surface area (Å²) in [6.07, 6.45) is 0. The van der Waals surface area contributed by atoms with Gasteiger partial charge in [-0.25, -0.2) is 4.98 Å². The molecule has 0 bridgehead atoms. The van der Waals surface area contributed by atoms with Gasteiger partial charge >= 0.3 is 0 Å². The van der Waals surface area contributed by atoms with Crippen LogP contribution in [0, 0.1) is 11.3 Å². The molecule has 0 saturated carbocycles. The molecule has 6 heteroatoms. The molecule has 0 saturated heterocycles. The predicted octanol–water partition coefficient (Wildman–Crippen LogP) is 3.83. The summed E-state index contributed by atoms with van der Waals surface area (Å²) in [7, 11) is 0. The van der Waals surface area contributed by atoms with Gasteiger partial charge in [0.2, 0.25) is 0 Å². The van der Waals surface area contributed by atoms with Crippen LogP contribution in [0.5, 0.6) is 5.75 Å². The molecule has 0 unspecified atom stereocenters. The molecular formula is C18H11N3O2S. The molecule has 2 aromatic carbocycles. The highest BCUT2D eigenvalue weighted by atomic mass is 32.1. The molecule has 0 aliphatic carbocycles. The number of amides is 1. The number of benzene rings is 2. The number of para-hydroxylation sites is 1. The standard InChI is InChI=1S/C18H11N3O2S/c19-9-11-5-7-12(8-6-11)17(22)21-18-20-16-13-3-1-2-4-14(13)23-10-15(16)24-18/h1-8H,10H2,(H,20,21,22). The van der Waals surface area contributed by atoms with E-state index in [1.165, 1.54) is 11.3 Å². The van der Waals surface area contributed by atoms with Crippen molar-refractivity contribution in [2.24, 2.45) is 0 Å². The summed E-state index contributed by atoms with van der Waals surface area (Å²) < 4.78 is 5.71. The van der Waals surface area contributed by atoms with Crippen LogP contribution in [0.15, 0.2) is 48.5 Å². The SMILES string of the molecule is N#Cc1ccc(C(=O)Nc2nc3c(s2)COc2ccccc2-3)cc1. The minimum atomic E-state index is -0.250. The zero-order valence-corrected chi connectivity index (χ0v) is 13.3. The molecule has 1 aromatic heterocycles. The van der Waals surface area contributed by atoms with E-state index >= 15 is 0 Å². The Hall–Kier alpha value is -3.17. The number of hydrogen-bond acceptors (Lipinski definition) is 5. The average molecular weight is 333 g/mol. The minimum Gasteiger partial charge on any atom is -0.487 e. The maximum atomic E-state index is 12.3. The number of thiazole rings is 1. The van der Waals surface area contributed by atoms with Crippen molar-refractivity contribution in [1.82, 2.24) is 4.98 Å². The molecule has 0 spiro atoms. The summed E-state index contributed by atoms with van der Waals surface area (Å²) in [4.78, 5) is 17.8. The molecule has 0 fully saturated rings. The lowest BCUT2D eigenvalue weighted by atomic mass is 10.1. The van der Waals surface area contributed by atoms with E-state index in [4.69, 9.17) is 10.00 Å². The fraction of sp³-hybridized carbons (Fsp3) is 0.0556. The minimum absolute atomic E-state index is 0.250. The Morgan fingerprint density at radius 2 is 2.00 bits per heavy atom. The average Bonchev–Trinajstić information content (AvgIpc) is 3.04. The van der Waals surface area contributed by atoms with E-state index in [9.17, 15) is 4.79 Å². The van der Waals surface area contributed by atoms with Gasteiger partial charge < -0.3 is 4.74 Å². The van der Waals surface area contributed by atoms with Crippen molar-refractivity contribution in [2.45, 2.75) is 6.61 Å². The molecule has 5 nitrogen and oxygen atoms in total. The van der Waals surface area contributed by atoms with Crippen molar-refractivity contribution >= 4 is 22.4 Å². The Labute approximate surface area is 142 Å². The highest BCUT2D eigenvalue weighted by molar-refractivity contribution is 7.16. The molecule has 0 atom stereocenters. The first-order chi connectivity index (χ1) is 11.7. The number of rotatable bonds is 2. The number of nitrogens with zero attached hydrogens (tertiary/aromatic N) is 2. The molecule has 1 aliphatic rings. The normalized spacial score (nSPS) is 11.6. The van der Waals surface area contributed by atoms with Crippen LogP contribution in [-0.2, 0) is 6.61 Å². The largest absolute Gasteiger partial charge is 0.487 e. The highest BCUT2D eigenvalue weighted by Gasteiger charge is 2.22. The van der Waals surface area contributed by atoms with E-state index in [2.05, 4.69) is 10.3 Å². The number of anilines is 1. The number of nitriles is 1. The molecule has 3 aromatic rings. The van der Waals surface area contributed by atoms with Crippen LogP contribution in [0.4, 0.5) is 5.13 Å². The second-order valence-electron chi connectivity index (χ2n) is 5.22. The Morgan fingerprint density at radius 3 is 2.79 bits per heavy atom. The van der Waals surface area contributed by atoms with Crippen molar-refractivity contribution < 1.29 is 9.53 Å². The molecule has 24 heavy (non-hydrogen) atoms. The van der Waals surface area contributed by atoms with Crippen molar-refractivity contribution in [3.05, 3.63) is 64.5 Å². The number of aromatic nitrogens is 1. The second kappa shape index (κ2) is 5.80. The maximum Gasteiger partial charge on any atom is 0.257 e. The van der Waals surface area contributed by atoms with E-state index in [1.807, 2.05) is 30.3 Å². The second-order valence-corrected chi connectivity index (χ2v) is 6.30. The third kappa shape index (κ3) is 2.51. The van der Waals surface area contributed by atoms with E-state index < -0.39 is 0 Å². The van der Waals surface area contributed by atoms with Gasteiger partial charge in [0.05, 0.1) is 22.2 Å². The van der Waals surface area contributed by atoms with Gasteiger partial charge in [0.25, 0.3) is 5.91 Å². The molecule has 4 rings (SSSR count). The summed E-state index contributed by atoms with van der Waals surface area (Å²) >= 11 is 1.41. The molecule has 1 aliphatic heterocycles. The van der Waals surface area contributed by atoms with Gasteiger partial charge in [-0.15, -0.1) is 0 Å². The van der Waals surface area contributed by atoms with Gasteiger partial charge in [0.1, 0.15) is 12.4 Å². The van der Waals surface area contributed by atoms with Crippen LogP contribution in [0.25, 0.3) is 11.3 Å². The van der Waals surface area contributed by atoms with Gasteiger partial charge in [0, 0.05) is 11.1 Å². The molecule has 116 valence electrons. The Morgan fingerprint density at radius 1 is 1.21 bits per heavy atom. The molecular weight excluding hydrogens is 322 g/mol. The summed E-state index contributed by atoms with van der Waals surface area (Å²) in [6, 6.07) is 16.2. The monoisotopic (exact) mass is 333 g/mol.